The predicted molar refractivity (Wildman–Crippen MR) is 67.4 cm³/mol. The van der Waals surface area contributed by atoms with Gasteiger partial charge in [0.05, 0.1) is 19.1 Å². The summed E-state index contributed by atoms with van der Waals surface area (Å²) >= 11 is 5.60. The summed E-state index contributed by atoms with van der Waals surface area (Å²) in [5, 5.41) is 20.5. The predicted octanol–water partition coefficient (Wildman–Crippen LogP) is 0.875. The van der Waals surface area contributed by atoms with Crippen LogP contribution in [0, 0.1) is 0 Å². The molecule has 0 fully saturated rings. The summed E-state index contributed by atoms with van der Waals surface area (Å²) in [6, 6.07) is 9.17. The molecule has 0 aliphatic carbocycles. The van der Waals surface area contributed by atoms with Gasteiger partial charge >= 0.3 is 6.09 Å². The highest BCUT2D eigenvalue weighted by atomic mass is 35.5. The second-order valence-corrected chi connectivity index (χ2v) is 4.18. The lowest BCUT2D eigenvalue weighted by atomic mass is 10.1. The van der Waals surface area contributed by atoms with Gasteiger partial charge < -0.3 is 20.3 Å². The fraction of sp³-hybridized carbons (Fsp3) is 0.417. The van der Waals surface area contributed by atoms with Crippen LogP contribution in [0.25, 0.3) is 0 Å². The molecule has 5 nitrogen and oxygen atoms in total. The Morgan fingerprint density at radius 1 is 1.28 bits per heavy atom. The Kier molecular flexibility index (Phi) is 5.91. The molecule has 0 radical (unpaired) electrons. The van der Waals surface area contributed by atoms with Crippen molar-refractivity contribution < 1.29 is 19.7 Å². The smallest absolute Gasteiger partial charge is 0.408 e. The van der Waals surface area contributed by atoms with Crippen molar-refractivity contribution >= 4 is 17.7 Å². The number of ether oxygens (including phenoxy) is 1. The number of amides is 1. The monoisotopic (exact) mass is 273 g/mol. The molecule has 0 saturated carbocycles. The van der Waals surface area contributed by atoms with E-state index in [0.29, 0.717) is 0 Å². The average Bonchev–Trinajstić information content (AvgIpc) is 2.44. The van der Waals surface area contributed by atoms with Gasteiger partial charge in [0, 0.05) is 0 Å². The third-order valence-corrected chi connectivity index (χ3v) is 2.95. The first-order valence-corrected chi connectivity index (χ1v) is 5.96. The minimum atomic E-state index is -1.25. The van der Waals surface area contributed by atoms with Gasteiger partial charge in [-0.05, 0) is 5.56 Å². The minimum absolute atomic E-state index is 0.111. The number of carbonyl (C=O) groups is 1. The van der Waals surface area contributed by atoms with E-state index in [1.807, 2.05) is 30.3 Å². The topological polar surface area (TPSA) is 78.8 Å². The number of aliphatic hydroxyl groups is 2. The van der Waals surface area contributed by atoms with Gasteiger partial charge in [0.15, 0.2) is 0 Å². The van der Waals surface area contributed by atoms with Gasteiger partial charge in [0.25, 0.3) is 0 Å². The van der Waals surface area contributed by atoms with Crippen molar-refractivity contribution in [1.82, 2.24) is 5.32 Å². The normalized spacial score (nSPS) is 11.1. The summed E-state index contributed by atoms with van der Waals surface area (Å²) in [7, 11) is 0. The van der Waals surface area contributed by atoms with Crippen LogP contribution in [0.1, 0.15) is 5.56 Å². The summed E-state index contributed by atoms with van der Waals surface area (Å²) in [5.41, 5.74) is -0.410. The molecule has 0 aliphatic rings. The van der Waals surface area contributed by atoms with E-state index >= 15 is 0 Å². The average molecular weight is 274 g/mol. The highest BCUT2D eigenvalue weighted by Gasteiger charge is 2.30. The molecule has 0 aliphatic heterocycles. The van der Waals surface area contributed by atoms with Crippen LogP contribution in [0.4, 0.5) is 4.79 Å². The van der Waals surface area contributed by atoms with Crippen LogP contribution in [-0.4, -0.2) is 40.9 Å². The molecular formula is C12H16ClNO4. The summed E-state index contributed by atoms with van der Waals surface area (Å²) < 4.78 is 4.96. The van der Waals surface area contributed by atoms with E-state index in [4.69, 9.17) is 26.6 Å². The van der Waals surface area contributed by atoms with Crippen LogP contribution in [0.15, 0.2) is 30.3 Å². The zero-order valence-corrected chi connectivity index (χ0v) is 10.6. The Morgan fingerprint density at radius 3 is 2.39 bits per heavy atom. The molecule has 0 saturated heterocycles. The molecule has 0 aromatic heterocycles. The summed E-state index contributed by atoms with van der Waals surface area (Å²) in [6.45, 7) is -0.817. The lowest BCUT2D eigenvalue weighted by Crippen LogP contribution is -2.55. The highest BCUT2D eigenvalue weighted by Crippen LogP contribution is 2.07. The maximum atomic E-state index is 11.5. The number of nitrogens with one attached hydrogen (secondary N) is 1. The van der Waals surface area contributed by atoms with E-state index in [2.05, 4.69) is 5.32 Å². The standard InChI is InChI=1S/C12H16ClNO4/c13-7-12(8-15,9-16)14-11(17)18-6-10-4-2-1-3-5-10/h1-5,15-16H,6-9H2,(H,14,17). The second-order valence-electron chi connectivity index (χ2n) is 3.92. The van der Waals surface area contributed by atoms with Crippen LogP contribution in [0.3, 0.4) is 0 Å². The second kappa shape index (κ2) is 7.20. The molecule has 6 heteroatoms. The van der Waals surface area contributed by atoms with Crippen LogP contribution in [0.2, 0.25) is 0 Å². The molecule has 1 aromatic carbocycles. The number of hydrogen-bond donors (Lipinski definition) is 3. The molecule has 3 N–H and O–H groups in total. The Labute approximate surface area is 110 Å². The van der Waals surface area contributed by atoms with Crippen molar-refractivity contribution in [3.63, 3.8) is 0 Å². The molecule has 1 aromatic rings. The van der Waals surface area contributed by atoms with Crippen molar-refractivity contribution in [3.05, 3.63) is 35.9 Å². The summed E-state index contributed by atoms with van der Waals surface area (Å²) in [6.07, 6.45) is -0.734. The molecule has 0 unspecified atom stereocenters. The number of hydrogen-bond acceptors (Lipinski definition) is 4. The maximum absolute atomic E-state index is 11.5. The van der Waals surface area contributed by atoms with Crippen LogP contribution < -0.4 is 5.32 Å². The van der Waals surface area contributed by atoms with E-state index in [1.165, 1.54) is 0 Å². The summed E-state index contributed by atoms with van der Waals surface area (Å²) in [4.78, 5) is 11.5. The first-order valence-electron chi connectivity index (χ1n) is 5.42. The fourth-order valence-electron chi connectivity index (χ4n) is 1.22. The van der Waals surface area contributed by atoms with E-state index in [9.17, 15) is 4.79 Å². The van der Waals surface area contributed by atoms with Crippen LogP contribution in [0.5, 0.6) is 0 Å². The van der Waals surface area contributed by atoms with Crippen molar-refractivity contribution in [2.75, 3.05) is 19.1 Å². The number of alkyl halides is 1. The zero-order chi connectivity index (χ0) is 13.4. The van der Waals surface area contributed by atoms with E-state index in [1.54, 1.807) is 0 Å². The van der Waals surface area contributed by atoms with Gasteiger partial charge in [-0.3, -0.25) is 0 Å². The molecule has 0 heterocycles. The number of rotatable bonds is 6. The van der Waals surface area contributed by atoms with Crippen molar-refractivity contribution in [2.24, 2.45) is 0 Å². The van der Waals surface area contributed by atoms with Crippen molar-refractivity contribution in [1.29, 1.82) is 0 Å². The molecule has 1 amide bonds. The first kappa shape index (κ1) is 14.8. The Morgan fingerprint density at radius 2 is 1.89 bits per heavy atom. The number of carbonyl (C=O) groups excluding carboxylic acids is 1. The minimum Gasteiger partial charge on any atom is -0.445 e. The molecule has 0 spiro atoms. The van der Waals surface area contributed by atoms with Gasteiger partial charge in [-0.1, -0.05) is 30.3 Å². The largest absolute Gasteiger partial charge is 0.445 e. The Balaban J connectivity index is 2.46. The van der Waals surface area contributed by atoms with Gasteiger partial charge in [-0.2, -0.15) is 0 Å². The van der Waals surface area contributed by atoms with Gasteiger partial charge in [0.1, 0.15) is 12.1 Å². The Bertz CT molecular complexity index is 359. The molecule has 0 atom stereocenters. The van der Waals surface area contributed by atoms with Gasteiger partial charge in [-0.25, -0.2) is 4.79 Å². The van der Waals surface area contributed by atoms with Crippen molar-refractivity contribution in [3.8, 4) is 0 Å². The Hall–Kier alpha value is -1.30. The third-order valence-electron chi connectivity index (χ3n) is 2.44. The third kappa shape index (κ3) is 4.18. The molecule has 18 heavy (non-hydrogen) atoms. The quantitative estimate of drug-likeness (QED) is 0.672. The van der Waals surface area contributed by atoms with Crippen LogP contribution >= 0.6 is 11.6 Å². The molecule has 0 bridgehead atoms. The zero-order valence-electron chi connectivity index (χ0n) is 9.80. The summed E-state index contributed by atoms with van der Waals surface area (Å²) in [5.74, 6) is -0.111. The lowest BCUT2D eigenvalue weighted by Gasteiger charge is -2.27. The fourth-order valence-corrected chi connectivity index (χ4v) is 1.46. The van der Waals surface area contributed by atoms with Gasteiger partial charge in [0.2, 0.25) is 0 Å². The SMILES string of the molecule is O=C(NC(CO)(CO)CCl)OCc1ccccc1. The van der Waals surface area contributed by atoms with Gasteiger partial charge in [-0.15, -0.1) is 11.6 Å². The first-order chi connectivity index (χ1) is 8.65. The molecule has 100 valence electrons. The lowest BCUT2D eigenvalue weighted by molar-refractivity contribution is 0.0831. The molecular weight excluding hydrogens is 258 g/mol. The van der Waals surface area contributed by atoms with E-state index in [-0.39, 0.29) is 12.5 Å². The number of alkyl carbamates (subject to hydrolysis) is 1. The van der Waals surface area contributed by atoms with E-state index in [0.717, 1.165) is 5.56 Å². The van der Waals surface area contributed by atoms with Crippen LogP contribution in [-0.2, 0) is 11.3 Å². The number of aliphatic hydroxyl groups excluding tert-OH is 2. The molecule has 1 rings (SSSR count). The number of halogens is 1. The highest BCUT2D eigenvalue weighted by molar-refractivity contribution is 6.18. The maximum Gasteiger partial charge on any atom is 0.408 e. The van der Waals surface area contributed by atoms with Crippen molar-refractivity contribution in [2.45, 2.75) is 12.1 Å². The van der Waals surface area contributed by atoms with E-state index < -0.39 is 24.8 Å². The number of benzene rings is 1.